The third-order valence-electron chi connectivity index (χ3n) is 2.76. The summed E-state index contributed by atoms with van der Waals surface area (Å²) in [6.07, 6.45) is 3.76. The zero-order valence-corrected chi connectivity index (χ0v) is 7.30. The Morgan fingerprint density at radius 3 is 2.73 bits per heavy atom. The molecule has 1 fully saturated rings. The number of nitrogens with zero attached hydrogens (tertiary/aromatic N) is 1. The van der Waals surface area contributed by atoms with Crippen molar-refractivity contribution in [2.75, 3.05) is 0 Å². The predicted octanol–water partition coefficient (Wildman–Crippen LogP) is 1.63. The fraction of sp³-hybridized carbons (Fsp3) is 0.800. The lowest BCUT2D eigenvalue weighted by Gasteiger charge is -2.32. The van der Waals surface area contributed by atoms with Gasteiger partial charge < -0.3 is 0 Å². The lowest BCUT2D eigenvalue weighted by Crippen LogP contribution is -2.42. The highest BCUT2D eigenvalue weighted by molar-refractivity contribution is 5.18. The summed E-state index contributed by atoms with van der Waals surface area (Å²) in [4.78, 5) is 2.58. The van der Waals surface area contributed by atoms with E-state index in [1.807, 2.05) is 0 Å². The van der Waals surface area contributed by atoms with E-state index in [1.54, 1.807) is 0 Å². The van der Waals surface area contributed by atoms with Crippen LogP contribution in [0.1, 0.15) is 33.1 Å². The molecule has 2 aliphatic heterocycles. The van der Waals surface area contributed by atoms with Gasteiger partial charge in [0, 0.05) is 18.5 Å². The Kier molecular flexibility index (Phi) is 1.65. The van der Waals surface area contributed by atoms with Gasteiger partial charge in [0.05, 0.1) is 6.04 Å². The van der Waals surface area contributed by atoms with Gasteiger partial charge in [0.25, 0.3) is 0 Å². The minimum absolute atomic E-state index is 0.591. The molecule has 2 rings (SSSR count). The Morgan fingerprint density at radius 1 is 1.36 bits per heavy atom. The first-order valence-corrected chi connectivity index (χ1v) is 4.55. The molecule has 11 heavy (non-hydrogen) atoms. The van der Waals surface area contributed by atoms with Crippen LogP contribution in [0.2, 0.25) is 0 Å². The van der Waals surface area contributed by atoms with Gasteiger partial charge in [0.15, 0.2) is 0 Å². The van der Waals surface area contributed by atoms with E-state index in [0.717, 1.165) is 12.5 Å². The van der Waals surface area contributed by atoms with Crippen LogP contribution in [0.25, 0.3) is 0 Å². The van der Waals surface area contributed by atoms with Crippen molar-refractivity contribution in [3.05, 3.63) is 0 Å². The molecule has 0 amide bonds. The van der Waals surface area contributed by atoms with Crippen LogP contribution >= 0.6 is 0 Å². The van der Waals surface area contributed by atoms with Crippen molar-refractivity contribution < 1.29 is 0 Å². The van der Waals surface area contributed by atoms with Crippen molar-refractivity contribution in [2.45, 2.75) is 51.2 Å². The average molecular weight is 149 g/mol. The molecular weight excluding hydrogens is 134 g/mol. The molecule has 0 aliphatic carbocycles. The summed E-state index contributed by atoms with van der Waals surface area (Å²) in [5, 5.41) is 0. The Bertz CT molecular complexity index is 209. The fourth-order valence-electron chi connectivity index (χ4n) is 2.33. The Morgan fingerprint density at radius 2 is 2.18 bits per heavy atom. The summed E-state index contributed by atoms with van der Waals surface area (Å²) >= 11 is 0. The minimum atomic E-state index is 0.591. The van der Waals surface area contributed by atoms with Gasteiger partial charge in [-0.05, 0) is 26.7 Å². The molecule has 1 saturated heterocycles. The molecule has 2 heterocycles. The quantitative estimate of drug-likeness (QED) is 0.512. The van der Waals surface area contributed by atoms with Crippen LogP contribution in [-0.2, 0) is 0 Å². The lowest BCUT2D eigenvalue weighted by molar-refractivity contribution is 0.172. The predicted molar refractivity (Wildman–Crippen MR) is 46.2 cm³/mol. The van der Waals surface area contributed by atoms with Crippen LogP contribution in [0.4, 0.5) is 0 Å². The van der Waals surface area contributed by atoms with Gasteiger partial charge in [0.1, 0.15) is 0 Å². The summed E-state index contributed by atoms with van der Waals surface area (Å²) in [5.41, 5.74) is 0. The van der Waals surface area contributed by atoms with Gasteiger partial charge in [-0.15, -0.1) is 0 Å². The zero-order chi connectivity index (χ0) is 7.84. The van der Waals surface area contributed by atoms with Crippen LogP contribution in [0.5, 0.6) is 0 Å². The molecule has 2 aliphatic rings. The molecule has 0 radical (unpaired) electrons. The second kappa shape index (κ2) is 2.53. The Balaban J connectivity index is 2.19. The van der Waals surface area contributed by atoms with Crippen LogP contribution in [0.15, 0.2) is 0 Å². The Hall–Kier alpha value is -0.480. The second-order valence-corrected chi connectivity index (χ2v) is 3.81. The van der Waals surface area contributed by atoms with E-state index in [4.69, 9.17) is 0 Å². The molecule has 2 unspecified atom stereocenters. The van der Waals surface area contributed by atoms with Gasteiger partial charge in [0.2, 0.25) is 0 Å². The van der Waals surface area contributed by atoms with Crippen LogP contribution in [0, 0.1) is 11.8 Å². The smallest absolute Gasteiger partial charge is 0.0720 e. The molecule has 0 spiro atoms. The van der Waals surface area contributed by atoms with Gasteiger partial charge >= 0.3 is 0 Å². The monoisotopic (exact) mass is 149 g/mol. The number of fused-ring (bicyclic) bond motifs is 2. The molecule has 60 valence electrons. The van der Waals surface area contributed by atoms with Gasteiger partial charge in [-0.1, -0.05) is 11.8 Å². The summed E-state index contributed by atoms with van der Waals surface area (Å²) in [7, 11) is 0. The van der Waals surface area contributed by atoms with E-state index >= 15 is 0 Å². The first kappa shape index (κ1) is 7.18. The fourth-order valence-corrected chi connectivity index (χ4v) is 2.33. The van der Waals surface area contributed by atoms with Crippen molar-refractivity contribution in [1.29, 1.82) is 0 Å². The van der Waals surface area contributed by atoms with Crippen molar-refractivity contribution in [2.24, 2.45) is 0 Å². The van der Waals surface area contributed by atoms with Gasteiger partial charge in [-0.25, -0.2) is 0 Å². The maximum absolute atomic E-state index is 3.32. The van der Waals surface area contributed by atoms with E-state index in [-0.39, 0.29) is 0 Å². The molecule has 1 nitrogen and oxygen atoms in total. The average Bonchev–Trinajstić information content (AvgIpc) is 2.23. The highest BCUT2D eigenvalue weighted by atomic mass is 15.2. The number of hydrogen-bond donors (Lipinski definition) is 0. The maximum Gasteiger partial charge on any atom is 0.0720 e. The van der Waals surface area contributed by atoms with Crippen molar-refractivity contribution in [3.8, 4) is 11.8 Å². The molecule has 2 atom stereocenters. The highest BCUT2D eigenvalue weighted by Gasteiger charge is 2.35. The van der Waals surface area contributed by atoms with E-state index in [0.29, 0.717) is 12.1 Å². The lowest BCUT2D eigenvalue weighted by atomic mass is 10.1. The number of hydrogen-bond acceptors (Lipinski definition) is 1. The molecule has 1 heteroatoms. The van der Waals surface area contributed by atoms with E-state index < -0.39 is 0 Å². The van der Waals surface area contributed by atoms with E-state index in [2.05, 4.69) is 30.6 Å². The maximum atomic E-state index is 3.32. The summed E-state index contributed by atoms with van der Waals surface area (Å²) < 4.78 is 0. The summed E-state index contributed by atoms with van der Waals surface area (Å²) in [5.74, 6) is 6.56. The Labute approximate surface area is 68.8 Å². The van der Waals surface area contributed by atoms with Crippen LogP contribution in [0.3, 0.4) is 0 Å². The van der Waals surface area contributed by atoms with Gasteiger partial charge in [-0.2, -0.15) is 0 Å². The minimum Gasteiger partial charge on any atom is -0.283 e. The largest absolute Gasteiger partial charge is 0.283 e. The highest BCUT2D eigenvalue weighted by Crippen LogP contribution is 2.30. The second-order valence-electron chi connectivity index (χ2n) is 3.81. The van der Waals surface area contributed by atoms with Crippen LogP contribution in [-0.4, -0.2) is 23.0 Å². The molecule has 0 aromatic heterocycles. The van der Waals surface area contributed by atoms with Gasteiger partial charge in [-0.3, -0.25) is 4.90 Å². The SMILES string of the molecule is CC(C)N1C2C#CCC1CC2. The van der Waals surface area contributed by atoms with E-state index in [1.165, 1.54) is 12.8 Å². The zero-order valence-electron chi connectivity index (χ0n) is 7.30. The van der Waals surface area contributed by atoms with E-state index in [9.17, 15) is 0 Å². The third-order valence-corrected chi connectivity index (χ3v) is 2.76. The van der Waals surface area contributed by atoms with Crippen molar-refractivity contribution in [1.82, 2.24) is 4.90 Å². The molecule has 2 bridgehead atoms. The molecule has 0 N–H and O–H groups in total. The molecule has 0 saturated carbocycles. The standard InChI is InChI=1S/C10H15N/c1-8(2)11-9-4-3-5-10(11)7-6-9/h8-10H,4,6-7H2,1-2H3. The van der Waals surface area contributed by atoms with Crippen molar-refractivity contribution >= 4 is 0 Å². The molecule has 0 aromatic carbocycles. The third kappa shape index (κ3) is 1.06. The number of rotatable bonds is 1. The first-order valence-electron chi connectivity index (χ1n) is 4.55. The molecular formula is C10H15N. The first-order chi connectivity index (χ1) is 5.29. The normalized spacial score (nSPS) is 35.5. The topological polar surface area (TPSA) is 3.24 Å². The van der Waals surface area contributed by atoms with Crippen LogP contribution < -0.4 is 0 Å². The summed E-state index contributed by atoms with van der Waals surface area (Å²) in [6, 6.07) is 2.05. The summed E-state index contributed by atoms with van der Waals surface area (Å²) in [6.45, 7) is 4.55. The molecule has 0 aromatic rings. The van der Waals surface area contributed by atoms with Crippen molar-refractivity contribution in [3.63, 3.8) is 0 Å².